The molecule has 0 unspecified atom stereocenters. The monoisotopic (exact) mass is 572 g/mol. The second kappa shape index (κ2) is 14.0. The number of ether oxygens (including phenoxy) is 1. The number of halogens is 2. The number of hydrogen-bond acceptors (Lipinski definition) is 7. The van der Waals surface area contributed by atoms with Gasteiger partial charge in [-0.3, -0.25) is 24.6 Å². The molecule has 0 radical (unpaired) electrons. The van der Waals surface area contributed by atoms with Gasteiger partial charge in [0.05, 0.1) is 30.9 Å². The first-order valence-electron chi connectivity index (χ1n) is 12.9. The van der Waals surface area contributed by atoms with Crippen LogP contribution in [0.25, 0.3) is 0 Å². The van der Waals surface area contributed by atoms with Crippen LogP contribution >= 0.6 is 11.6 Å². The van der Waals surface area contributed by atoms with E-state index in [0.717, 1.165) is 19.2 Å². The topological polar surface area (TPSA) is 109 Å². The SMILES string of the molecule is O=C(CN(CCCN1CCOCC1)C(=O)c1ccc(Cl)c([N+](=O)[O-])c1)N(Cc1ccc(F)cc1)Cc1ccco1. The molecule has 0 aliphatic carbocycles. The fourth-order valence-corrected chi connectivity index (χ4v) is 4.61. The molecule has 1 fully saturated rings. The number of carbonyl (C=O) groups is 2. The number of amides is 2. The van der Waals surface area contributed by atoms with E-state index in [1.54, 1.807) is 24.3 Å². The number of carbonyl (C=O) groups excluding carboxylic acids is 2. The summed E-state index contributed by atoms with van der Waals surface area (Å²) in [7, 11) is 0. The third-order valence-corrected chi connectivity index (χ3v) is 6.90. The molecule has 1 aliphatic rings. The summed E-state index contributed by atoms with van der Waals surface area (Å²) in [6.07, 6.45) is 2.09. The van der Waals surface area contributed by atoms with Crippen molar-refractivity contribution in [3.8, 4) is 0 Å². The van der Waals surface area contributed by atoms with E-state index in [-0.39, 0.29) is 54.2 Å². The largest absolute Gasteiger partial charge is 0.467 e. The van der Waals surface area contributed by atoms with E-state index in [0.29, 0.717) is 37.5 Å². The zero-order valence-corrected chi connectivity index (χ0v) is 22.6. The number of morpholine rings is 1. The van der Waals surface area contributed by atoms with Gasteiger partial charge in [-0.15, -0.1) is 0 Å². The van der Waals surface area contributed by atoms with Crippen LogP contribution in [0.5, 0.6) is 0 Å². The Labute approximate surface area is 236 Å². The van der Waals surface area contributed by atoms with Crippen LogP contribution in [0.1, 0.15) is 28.1 Å². The van der Waals surface area contributed by atoms with E-state index in [9.17, 15) is 24.1 Å². The van der Waals surface area contributed by atoms with Crippen LogP contribution in [0.2, 0.25) is 5.02 Å². The number of furan rings is 1. The molecule has 40 heavy (non-hydrogen) atoms. The third kappa shape index (κ3) is 8.10. The molecule has 1 saturated heterocycles. The van der Waals surface area contributed by atoms with E-state index in [1.165, 1.54) is 40.3 Å². The van der Waals surface area contributed by atoms with Crippen molar-refractivity contribution in [1.82, 2.24) is 14.7 Å². The molecule has 0 spiro atoms. The smallest absolute Gasteiger partial charge is 0.288 e. The van der Waals surface area contributed by atoms with Crippen LogP contribution in [0, 0.1) is 15.9 Å². The first-order chi connectivity index (χ1) is 19.3. The minimum atomic E-state index is -0.652. The highest BCUT2D eigenvalue weighted by molar-refractivity contribution is 6.32. The maximum atomic E-state index is 13.6. The lowest BCUT2D eigenvalue weighted by Gasteiger charge is -2.30. The Balaban J connectivity index is 1.54. The average molecular weight is 573 g/mol. The van der Waals surface area contributed by atoms with E-state index in [4.69, 9.17) is 20.8 Å². The maximum Gasteiger partial charge on any atom is 0.288 e. The number of rotatable bonds is 12. The van der Waals surface area contributed by atoms with Gasteiger partial charge >= 0.3 is 0 Å². The molecule has 0 saturated carbocycles. The summed E-state index contributed by atoms with van der Waals surface area (Å²) in [5.41, 5.74) is 0.383. The molecule has 212 valence electrons. The zero-order chi connectivity index (χ0) is 28.5. The van der Waals surface area contributed by atoms with Gasteiger partial charge in [-0.05, 0) is 48.4 Å². The summed E-state index contributed by atoms with van der Waals surface area (Å²) in [6, 6.07) is 13.1. The van der Waals surface area contributed by atoms with Gasteiger partial charge in [-0.1, -0.05) is 23.7 Å². The number of benzene rings is 2. The molecule has 2 heterocycles. The van der Waals surface area contributed by atoms with Crippen molar-refractivity contribution >= 4 is 29.1 Å². The van der Waals surface area contributed by atoms with Crippen molar-refractivity contribution in [2.24, 2.45) is 0 Å². The number of hydrogen-bond donors (Lipinski definition) is 0. The van der Waals surface area contributed by atoms with Gasteiger partial charge < -0.3 is 19.0 Å². The first-order valence-corrected chi connectivity index (χ1v) is 13.3. The second-order valence-corrected chi connectivity index (χ2v) is 9.82. The van der Waals surface area contributed by atoms with Crippen molar-refractivity contribution in [2.45, 2.75) is 19.5 Å². The standard InChI is InChI=1S/C28H30ClFN4O6/c29-25-9-6-22(17-26(25)34(37)38)28(36)32(11-2-10-31-12-15-39-16-13-31)20-27(35)33(19-24-3-1-14-40-24)18-21-4-7-23(30)8-5-21/h1,3-9,14,17H,2,10-13,15-16,18-20H2. The molecule has 0 atom stereocenters. The second-order valence-electron chi connectivity index (χ2n) is 9.41. The van der Waals surface area contributed by atoms with E-state index >= 15 is 0 Å². The number of nitro benzene ring substituents is 1. The van der Waals surface area contributed by atoms with Gasteiger partial charge in [0, 0.05) is 44.4 Å². The Kier molecular flexibility index (Phi) is 10.2. The molecule has 0 bridgehead atoms. The Bertz CT molecular complexity index is 1300. The van der Waals surface area contributed by atoms with Crippen molar-refractivity contribution in [1.29, 1.82) is 0 Å². The normalized spacial score (nSPS) is 13.7. The first kappa shape index (κ1) is 29.2. The number of nitro groups is 1. The molecular formula is C28H30ClFN4O6. The van der Waals surface area contributed by atoms with Crippen LogP contribution in [0.4, 0.5) is 10.1 Å². The lowest BCUT2D eigenvalue weighted by Crippen LogP contribution is -2.44. The van der Waals surface area contributed by atoms with Gasteiger partial charge in [0.25, 0.3) is 11.6 Å². The minimum absolute atomic E-state index is 0.0615. The van der Waals surface area contributed by atoms with Crippen molar-refractivity contribution in [3.63, 3.8) is 0 Å². The average Bonchev–Trinajstić information content (AvgIpc) is 3.47. The predicted molar refractivity (Wildman–Crippen MR) is 145 cm³/mol. The molecule has 0 N–H and O–H groups in total. The summed E-state index contributed by atoms with van der Waals surface area (Å²) in [4.78, 5) is 43.1. The van der Waals surface area contributed by atoms with Gasteiger partial charge in [0.1, 0.15) is 23.1 Å². The van der Waals surface area contributed by atoms with E-state index in [1.807, 2.05) is 0 Å². The van der Waals surface area contributed by atoms with Crippen LogP contribution in [-0.2, 0) is 22.6 Å². The predicted octanol–water partition coefficient (Wildman–Crippen LogP) is 4.37. The molecule has 12 heteroatoms. The van der Waals surface area contributed by atoms with Crippen LogP contribution in [-0.4, -0.2) is 77.4 Å². The van der Waals surface area contributed by atoms with Gasteiger partial charge in [0.2, 0.25) is 5.91 Å². The Morgan fingerprint density at radius 1 is 1.05 bits per heavy atom. The van der Waals surface area contributed by atoms with Crippen molar-refractivity contribution in [2.75, 3.05) is 45.9 Å². The molecule has 1 aliphatic heterocycles. The Hall–Kier alpha value is -3.80. The zero-order valence-electron chi connectivity index (χ0n) is 21.8. The van der Waals surface area contributed by atoms with E-state index < -0.39 is 10.8 Å². The summed E-state index contributed by atoms with van der Waals surface area (Å²) in [5, 5.41) is 11.3. The van der Waals surface area contributed by atoms with Gasteiger partial charge in [-0.25, -0.2) is 4.39 Å². The molecule has 3 aromatic rings. The molecule has 10 nitrogen and oxygen atoms in total. The Morgan fingerprint density at radius 3 is 2.48 bits per heavy atom. The quantitative estimate of drug-likeness (QED) is 0.234. The third-order valence-electron chi connectivity index (χ3n) is 6.58. The molecule has 1 aromatic heterocycles. The lowest BCUT2D eigenvalue weighted by atomic mass is 10.1. The molecular weight excluding hydrogens is 543 g/mol. The van der Waals surface area contributed by atoms with Crippen LogP contribution in [0.3, 0.4) is 0 Å². The molecule has 2 amide bonds. The molecule has 4 rings (SSSR count). The minimum Gasteiger partial charge on any atom is -0.467 e. The summed E-state index contributed by atoms with van der Waals surface area (Å²) in [6.45, 7) is 3.85. The highest BCUT2D eigenvalue weighted by atomic mass is 35.5. The van der Waals surface area contributed by atoms with Crippen molar-refractivity contribution in [3.05, 3.63) is 98.7 Å². The fourth-order valence-electron chi connectivity index (χ4n) is 4.43. The van der Waals surface area contributed by atoms with Gasteiger partial charge in [-0.2, -0.15) is 0 Å². The van der Waals surface area contributed by atoms with E-state index in [2.05, 4.69) is 4.90 Å². The highest BCUT2D eigenvalue weighted by Gasteiger charge is 2.25. The summed E-state index contributed by atoms with van der Waals surface area (Å²) < 4.78 is 24.3. The highest BCUT2D eigenvalue weighted by Crippen LogP contribution is 2.26. The van der Waals surface area contributed by atoms with Crippen molar-refractivity contribution < 1.29 is 28.1 Å². The van der Waals surface area contributed by atoms with Crippen LogP contribution in [0.15, 0.2) is 65.3 Å². The fraction of sp³-hybridized carbons (Fsp3) is 0.357. The molecule has 2 aromatic carbocycles. The number of nitrogens with zero attached hydrogens (tertiary/aromatic N) is 4. The van der Waals surface area contributed by atoms with Gasteiger partial charge in [0.15, 0.2) is 0 Å². The van der Waals surface area contributed by atoms with Crippen LogP contribution < -0.4 is 0 Å². The lowest BCUT2D eigenvalue weighted by molar-refractivity contribution is -0.384. The summed E-state index contributed by atoms with van der Waals surface area (Å²) >= 11 is 5.95. The maximum absolute atomic E-state index is 13.6. The summed E-state index contributed by atoms with van der Waals surface area (Å²) in [5.74, 6) is -0.713. The Morgan fingerprint density at radius 2 is 1.80 bits per heavy atom.